The van der Waals surface area contributed by atoms with Gasteiger partial charge in [0, 0.05) is 27.6 Å². The normalized spacial score (nSPS) is 11.6. The summed E-state index contributed by atoms with van der Waals surface area (Å²) in [6, 6.07) is 44.3. The highest BCUT2D eigenvalue weighted by Crippen LogP contribution is 2.36. The number of para-hydroxylation sites is 3. The average Bonchev–Trinajstić information content (AvgIpc) is 3.65. The summed E-state index contributed by atoms with van der Waals surface area (Å²) >= 11 is 0. The lowest BCUT2D eigenvalue weighted by atomic mass is 10.0. The van der Waals surface area contributed by atoms with Gasteiger partial charge in [0.05, 0.1) is 16.7 Å². The third kappa shape index (κ3) is 3.87. The zero-order valence-electron chi connectivity index (χ0n) is 23.3. The van der Waals surface area contributed by atoms with Crippen molar-refractivity contribution in [2.45, 2.75) is 0 Å². The summed E-state index contributed by atoms with van der Waals surface area (Å²) in [5, 5.41) is 0.984. The Morgan fingerprint density at radius 3 is 1.68 bits per heavy atom. The first kappa shape index (κ1) is 24.4. The summed E-state index contributed by atoms with van der Waals surface area (Å²) in [6.45, 7) is 0. The van der Waals surface area contributed by atoms with E-state index in [1.54, 1.807) is 0 Å². The average molecular weight is 567 g/mol. The smallest absolute Gasteiger partial charge is 0.307 e. The molecular formula is C37H22N6O. The van der Waals surface area contributed by atoms with Crippen LogP contribution < -0.4 is 0 Å². The number of imidazole rings is 1. The van der Waals surface area contributed by atoms with Crippen LogP contribution in [0.5, 0.6) is 0 Å². The van der Waals surface area contributed by atoms with E-state index < -0.39 is 0 Å². The molecule has 0 aliphatic heterocycles. The zero-order chi connectivity index (χ0) is 29.0. The second-order valence-electron chi connectivity index (χ2n) is 10.6. The molecule has 7 heteroatoms. The number of nitrogens with zero attached hydrogens (tertiary/aromatic N) is 6. The van der Waals surface area contributed by atoms with Crippen LogP contribution in [0.4, 0.5) is 0 Å². The summed E-state index contributed by atoms with van der Waals surface area (Å²) in [4.78, 5) is 24.7. The Morgan fingerprint density at radius 1 is 0.455 bits per heavy atom. The minimum atomic E-state index is 0.546. The maximum absolute atomic E-state index is 6.15. The minimum Gasteiger partial charge on any atom is -0.423 e. The molecule has 0 saturated carbocycles. The van der Waals surface area contributed by atoms with Crippen molar-refractivity contribution in [1.29, 1.82) is 0 Å². The molecule has 7 nitrogen and oxygen atoms in total. The van der Waals surface area contributed by atoms with E-state index in [-0.39, 0.29) is 0 Å². The molecule has 0 amide bonds. The maximum Gasteiger partial charge on any atom is 0.307 e. The van der Waals surface area contributed by atoms with E-state index in [0.717, 1.165) is 61.0 Å². The van der Waals surface area contributed by atoms with Crippen LogP contribution in [0.3, 0.4) is 0 Å². The van der Waals surface area contributed by atoms with Gasteiger partial charge >= 0.3 is 5.84 Å². The molecule has 0 atom stereocenters. The summed E-state index contributed by atoms with van der Waals surface area (Å²) in [7, 11) is 0. The molecule has 9 aromatic rings. The van der Waals surface area contributed by atoms with Crippen LogP contribution in [-0.2, 0) is 0 Å². The van der Waals surface area contributed by atoms with Gasteiger partial charge in [-0.25, -0.2) is 19.9 Å². The molecule has 0 radical (unpaired) electrons. The van der Waals surface area contributed by atoms with Crippen molar-refractivity contribution in [3.63, 3.8) is 0 Å². The molecule has 0 saturated heterocycles. The van der Waals surface area contributed by atoms with E-state index in [0.29, 0.717) is 23.3 Å². The standard InChI is InChI=1S/C37H22N6O/c1-3-11-24(12-4-1)34-40-35(25-13-5-2-6-14-25)42-36(41-34)26-21-19-23(20-22-26)31-33-32(27-15-7-8-16-28(27)38-31)39-37-43(33)29-17-9-10-18-30(29)44-37/h1-22H. The first-order valence-electron chi connectivity index (χ1n) is 14.4. The lowest BCUT2D eigenvalue weighted by Gasteiger charge is -2.10. The topological polar surface area (TPSA) is 82.0 Å². The molecule has 0 unspecified atom stereocenters. The van der Waals surface area contributed by atoms with E-state index in [9.17, 15) is 0 Å². The molecule has 44 heavy (non-hydrogen) atoms. The predicted octanol–water partition coefficient (Wildman–Crippen LogP) is 8.63. The molecular weight excluding hydrogens is 544 g/mol. The van der Waals surface area contributed by atoms with Crippen LogP contribution in [0.15, 0.2) is 138 Å². The molecule has 4 aromatic heterocycles. The molecule has 0 aliphatic rings. The van der Waals surface area contributed by atoms with Crippen molar-refractivity contribution in [3.8, 4) is 45.4 Å². The SMILES string of the molecule is c1ccc(-c2nc(-c3ccccc3)nc(-c3ccc(-c4nc5ccccc5c5nc6oc7ccccc7n6c45)cc3)n2)cc1. The number of rotatable bonds is 4. The van der Waals surface area contributed by atoms with Crippen molar-refractivity contribution < 1.29 is 4.42 Å². The Kier molecular flexibility index (Phi) is 5.36. The van der Waals surface area contributed by atoms with Gasteiger partial charge in [-0.05, 0) is 18.2 Å². The Bertz CT molecular complexity index is 2420. The van der Waals surface area contributed by atoms with Gasteiger partial charge < -0.3 is 4.42 Å². The monoisotopic (exact) mass is 566 g/mol. The molecule has 9 rings (SSSR count). The summed E-state index contributed by atoms with van der Waals surface area (Å²) < 4.78 is 8.22. The van der Waals surface area contributed by atoms with Gasteiger partial charge in [-0.3, -0.25) is 4.40 Å². The van der Waals surface area contributed by atoms with Crippen LogP contribution >= 0.6 is 0 Å². The van der Waals surface area contributed by atoms with E-state index in [2.05, 4.69) is 22.6 Å². The maximum atomic E-state index is 6.15. The summed E-state index contributed by atoms with van der Waals surface area (Å²) in [5.74, 6) is 2.41. The highest BCUT2D eigenvalue weighted by molar-refractivity contribution is 6.10. The van der Waals surface area contributed by atoms with E-state index >= 15 is 0 Å². The van der Waals surface area contributed by atoms with Gasteiger partial charge in [0.1, 0.15) is 11.0 Å². The third-order valence-electron chi connectivity index (χ3n) is 7.89. The van der Waals surface area contributed by atoms with E-state index in [1.807, 2.05) is 115 Å². The lowest BCUT2D eigenvalue weighted by molar-refractivity contribution is 0.643. The first-order valence-corrected chi connectivity index (χ1v) is 14.4. The first-order chi connectivity index (χ1) is 21.8. The van der Waals surface area contributed by atoms with Crippen LogP contribution in [0, 0.1) is 0 Å². The van der Waals surface area contributed by atoms with Gasteiger partial charge in [0.25, 0.3) is 0 Å². The molecule has 0 N–H and O–H groups in total. The van der Waals surface area contributed by atoms with Crippen LogP contribution in [0.2, 0.25) is 0 Å². The zero-order valence-corrected chi connectivity index (χ0v) is 23.3. The second-order valence-corrected chi connectivity index (χ2v) is 10.6. The van der Waals surface area contributed by atoms with Crippen molar-refractivity contribution in [3.05, 3.63) is 133 Å². The second kappa shape index (κ2) is 9.68. The molecule has 5 aromatic carbocycles. The number of hydrogen-bond donors (Lipinski definition) is 0. The Hall–Kier alpha value is -6.21. The molecule has 0 aliphatic carbocycles. The van der Waals surface area contributed by atoms with Gasteiger partial charge in [-0.2, -0.15) is 4.98 Å². The molecule has 0 fully saturated rings. The fourth-order valence-corrected chi connectivity index (χ4v) is 5.79. The van der Waals surface area contributed by atoms with Crippen molar-refractivity contribution >= 4 is 38.9 Å². The van der Waals surface area contributed by atoms with Crippen LogP contribution in [0.25, 0.3) is 84.3 Å². The Morgan fingerprint density at radius 2 is 1.00 bits per heavy atom. The van der Waals surface area contributed by atoms with E-state index in [1.165, 1.54) is 0 Å². The van der Waals surface area contributed by atoms with Crippen LogP contribution in [0.1, 0.15) is 0 Å². The molecule has 0 bridgehead atoms. The van der Waals surface area contributed by atoms with Gasteiger partial charge in [-0.1, -0.05) is 115 Å². The number of aromatic nitrogens is 6. The van der Waals surface area contributed by atoms with Gasteiger partial charge in [0.2, 0.25) is 0 Å². The van der Waals surface area contributed by atoms with Crippen molar-refractivity contribution in [1.82, 2.24) is 29.3 Å². The quantitative estimate of drug-likeness (QED) is 0.212. The van der Waals surface area contributed by atoms with Gasteiger partial charge in [0.15, 0.2) is 23.1 Å². The largest absolute Gasteiger partial charge is 0.423 e. The Labute approximate surface area is 251 Å². The molecule has 206 valence electrons. The molecule has 4 heterocycles. The van der Waals surface area contributed by atoms with Crippen molar-refractivity contribution in [2.24, 2.45) is 0 Å². The fraction of sp³-hybridized carbons (Fsp3) is 0. The minimum absolute atomic E-state index is 0.546. The summed E-state index contributed by atoms with van der Waals surface area (Å²) in [6.07, 6.45) is 0. The number of fused-ring (bicyclic) bond motifs is 7. The number of benzene rings is 5. The highest BCUT2D eigenvalue weighted by atomic mass is 16.4. The fourth-order valence-electron chi connectivity index (χ4n) is 5.79. The number of pyridine rings is 1. The van der Waals surface area contributed by atoms with E-state index in [4.69, 9.17) is 29.3 Å². The Balaban J connectivity index is 1.23. The highest BCUT2D eigenvalue weighted by Gasteiger charge is 2.21. The number of hydrogen-bond acceptors (Lipinski definition) is 6. The van der Waals surface area contributed by atoms with Gasteiger partial charge in [-0.15, -0.1) is 0 Å². The molecule has 0 spiro atoms. The van der Waals surface area contributed by atoms with Crippen molar-refractivity contribution in [2.75, 3.05) is 0 Å². The predicted molar refractivity (Wildman–Crippen MR) is 173 cm³/mol. The number of oxazole rings is 1. The lowest BCUT2D eigenvalue weighted by Crippen LogP contribution is -2.00. The third-order valence-corrected chi connectivity index (χ3v) is 7.89. The summed E-state index contributed by atoms with van der Waals surface area (Å²) in [5.41, 5.74) is 8.92. The van der Waals surface area contributed by atoms with Crippen LogP contribution in [-0.4, -0.2) is 29.3 Å².